The number of likely N-dealkylation sites (tertiary alicyclic amines) is 1. The van der Waals surface area contributed by atoms with Crippen LogP contribution in [0.25, 0.3) is 0 Å². The molecule has 2 aliphatic rings. The summed E-state index contributed by atoms with van der Waals surface area (Å²) in [5.74, 6) is 0.432. The Morgan fingerprint density at radius 3 is 2.78 bits per heavy atom. The van der Waals surface area contributed by atoms with Crippen LogP contribution in [0.15, 0.2) is 18.2 Å². The summed E-state index contributed by atoms with van der Waals surface area (Å²) in [5, 5.41) is 12.0. The smallest absolute Gasteiger partial charge is 0.321 e. The molecule has 3 rings (SSSR count). The fourth-order valence-corrected chi connectivity index (χ4v) is 4.26. The van der Waals surface area contributed by atoms with Gasteiger partial charge in [-0.25, -0.2) is 4.79 Å². The first-order valence-corrected chi connectivity index (χ1v) is 9.86. The van der Waals surface area contributed by atoms with Gasteiger partial charge in [-0.3, -0.25) is 4.79 Å². The number of amides is 3. The number of rotatable bonds is 5. The first-order chi connectivity index (χ1) is 13.0. The maximum atomic E-state index is 12.6. The summed E-state index contributed by atoms with van der Waals surface area (Å²) in [5.41, 5.74) is 2.28. The molecule has 2 fully saturated rings. The summed E-state index contributed by atoms with van der Waals surface area (Å²) in [6.07, 6.45) is 5.94. The van der Waals surface area contributed by atoms with Crippen molar-refractivity contribution in [3.63, 3.8) is 0 Å². The van der Waals surface area contributed by atoms with E-state index in [4.69, 9.17) is 5.26 Å². The average molecular weight is 368 g/mol. The highest BCUT2D eigenvalue weighted by atomic mass is 16.2. The number of nitrogens with one attached hydrogen (secondary N) is 1. The van der Waals surface area contributed by atoms with E-state index in [9.17, 15) is 9.59 Å². The second kappa shape index (κ2) is 8.43. The number of hydrogen-bond acceptors (Lipinski definition) is 3. The molecule has 1 N–H and O–H groups in total. The maximum absolute atomic E-state index is 12.6. The predicted molar refractivity (Wildman–Crippen MR) is 104 cm³/mol. The zero-order valence-corrected chi connectivity index (χ0v) is 16.2. The van der Waals surface area contributed by atoms with Crippen molar-refractivity contribution in [3.8, 4) is 6.07 Å². The van der Waals surface area contributed by atoms with Crippen molar-refractivity contribution in [2.45, 2.75) is 51.5 Å². The molecule has 3 amide bonds. The third-order valence-electron chi connectivity index (χ3n) is 5.74. The molecule has 1 saturated carbocycles. The summed E-state index contributed by atoms with van der Waals surface area (Å²) < 4.78 is 0. The lowest BCUT2D eigenvalue weighted by atomic mass is 10.1. The lowest BCUT2D eigenvalue weighted by Crippen LogP contribution is -2.38. The second-order valence-electron chi connectivity index (χ2n) is 7.70. The first kappa shape index (κ1) is 19.2. The van der Waals surface area contributed by atoms with Crippen molar-refractivity contribution in [3.05, 3.63) is 29.3 Å². The van der Waals surface area contributed by atoms with E-state index in [0.29, 0.717) is 24.6 Å². The van der Waals surface area contributed by atoms with E-state index in [1.165, 1.54) is 12.8 Å². The molecular weight excluding hydrogens is 340 g/mol. The summed E-state index contributed by atoms with van der Waals surface area (Å²) in [4.78, 5) is 28.6. The molecule has 0 aromatic heterocycles. The Morgan fingerprint density at radius 2 is 2.11 bits per heavy atom. The second-order valence-corrected chi connectivity index (χ2v) is 7.70. The largest absolute Gasteiger partial charge is 0.339 e. The van der Waals surface area contributed by atoms with Gasteiger partial charge in [0.25, 0.3) is 0 Å². The average Bonchev–Trinajstić information content (AvgIpc) is 3.31. The van der Waals surface area contributed by atoms with Crippen LogP contribution in [0.5, 0.6) is 0 Å². The molecule has 1 aliphatic heterocycles. The van der Waals surface area contributed by atoms with E-state index >= 15 is 0 Å². The fourth-order valence-electron chi connectivity index (χ4n) is 4.26. The molecule has 1 aromatic rings. The van der Waals surface area contributed by atoms with E-state index in [1.54, 1.807) is 24.1 Å². The van der Waals surface area contributed by atoms with Gasteiger partial charge in [0.1, 0.15) is 0 Å². The normalized spacial score (nSPS) is 20.0. The fraction of sp³-hybridized carbons (Fsp3) is 0.571. The van der Waals surface area contributed by atoms with Crippen molar-refractivity contribution in [2.24, 2.45) is 5.92 Å². The quantitative estimate of drug-likeness (QED) is 0.866. The highest BCUT2D eigenvalue weighted by Crippen LogP contribution is 2.29. The molecule has 1 aromatic carbocycles. The zero-order valence-electron chi connectivity index (χ0n) is 16.2. The molecule has 6 nitrogen and oxygen atoms in total. The van der Waals surface area contributed by atoms with Gasteiger partial charge in [0.15, 0.2) is 0 Å². The molecular formula is C21H28N4O2. The molecule has 0 bridgehead atoms. The third-order valence-corrected chi connectivity index (χ3v) is 5.74. The minimum Gasteiger partial charge on any atom is -0.339 e. The summed E-state index contributed by atoms with van der Waals surface area (Å²) >= 11 is 0. The van der Waals surface area contributed by atoms with Gasteiger partial charge in [0.2, 0.25) is 5.91 Å². The Balaban J connectivity index is 1.57. The minimum absolute atomic E-state index is 0.179. The standard InChI is InChI=1S/C21H28N4O2/c1-3-17-10-15(12-22)8-9-19(17)23-21(27)24(2)13-16-11-20(26)25(14-16)18-6-4-5-7-18/h8-10,16,18H,3-7,11,13-14H2,1-2H3,(H,23,27)/t16-/m1/s1. The monoisotopic (exact) mass is 368 g/mol. The van der Waals surface area contributed by atoms with Gasteiger partial charge < -0.3 is 15.1 Å². The van der Waals surface area contributed by atoms with Gasteiger partial charge >= 0.3 is 6.03 Å². The number of nitrogens with zero attached hydrogens (tertiary/aromatic N) is 3. The Bertz CT molecular complexity index is 749. The van der Waals surface area contributed by atoms with Crippen molar-refractivity contribution >= 4 is 17.6 Å². The molecule has 1 aliphatic carbocycles. The van der Waals surface area contributed by atoms with Gasteiger partial charge in [-0.2, -0.15) is 5.26 Å². The van der Waals surface area contributed by atoms with Crippen molar-refractivity contribution < 1.29 is 9.59 Å². The minimum atomic E-state index is -0.179. The van der Waals surface area contributed by atoms with Crippen molar-refractivity contribution in [1.29, 1.82) is 5.26 Å². The number of anilines is 1. The topological polar surface area (TPSA) is 76.4 Å². The van der Waals surface area contributed by atoms with Crippen molar-refractivity contribution in [1.82, 2.24) is 9.80 Å². The summed E-state index contributed by atoms with van der Waals surface area (Å²) in [7, 11) is 1.77. The summed E-state index contributed by atoms with van der Waals surface area (Å²) in [6, 6.07) is 7.66. The number of urea groups is 1. The SMILES string of the molecule is CCc1cc(C#N)ccc1NC(=O)N(C)C[C@H]1CC(=O)N(C2CCCC2)C1. The van der Waals surface area contributed by atoms with Crippen LogP contribution < -0.4 is 5.32 Å². The lowest BCUT2D eigenvalue weighted by molar-refractivity contribution is -0.129. The Labute approximate surface area is 161 Å². The molecule has 1 heterocycles. The molecule has 1 saturated heterocycles. The number of hydrogen-bond donors (Lipinski definition) is 1. The molecule has 6 heteroatoms. The number of carbonyl (C=O) groups is 2. The van der Waals surface area contributed by atoms with Gasteiger partial charge in [0.05, 0.1) is 11.6 Å². The van der Waals surface area contributed by atoms with Crippen LogP contribution >= 0.6 is 0 Å². The molecule has 144 valence electrons. The molecule has 0 unspecified atom stereocenters. The van der Waals surface area contributed by atoms with E-state index in [2.05, 4.69) is 11.4 Å². The number of carbonyl (C=O) groups excluding carboxylic acids is 2. The lowest BCUT2D eigenvalue weighted by Gasteiger charge is -2.25. The first-order valence-electron chi connectivity index (χ1n) is 9.86. The van der Waals surface area contributed by atoms with Gasteiger partial charge in [0, 0.05) is 44.2 Å². The van der Waals surface area contributed by atoms with E-state index in [0.717, 1.165) is 37.1 Å². The van der Waals surface area contributed by atoms with E-state index in [-0.39, 0.29) is 17.9 Å². The van der Waals surface area contributed by atoms with E-state index < -0.39 is 0 Å². The highest BCUT2D eigenvalue weighted by molar-refractivity contribution is 5.90. The number of aryl methyl sites for hydroxylation is 1. The molecule has 0 spiro atoms. The third kappa shape index (κ3) is 4.41. The number of nitriles is 1. The van der Waals surface area contributed by atoms with Crippen LogP contribution in [-0.2, 0) is 11.2 Å². The predicted octanol–water partition coefficient (Wildman–Crippen LogP) is 3.38. The van der Waals surface area contributed by atoms with Crippen LogP contribution in [-0.4, -0.2) is 47.9 Å². The Hall–Kier alpha value is -2.55. The maximum Gasteiger partial charge on any atom is 0.321 e. The Kier molecular flexibility index (Phi) is 6.00. The van der Waals surface area contributed by atoms with Gasteiger partial charge in [-0.05, 0) is 43.0 Å². The zero-order chi connectivity index (χ0) is 19.4. The van der Waals surface area contributed by atoms with Crippen LogP contribution in [0, 0.1) is 17.2 Å². The van der Waals surface area contributed by atoms with Crippen LogP contribution in [0.2, 0.25) is 0 Å². The van der Waals surface area contributed by atoms with Crippen LogP contribution in [0.3, 0.4) is 0 Å². The van der Waals surface area contributed by atoms with Gasteiger partial charge in [-0.15, -0.1) is 0 Å². The molecule has 0 radical (unpaired) electrons. The van der Waals surface area contributed by atoms with Crippen molar-refractivity contribution in [2.75, 3.05) is 25.5 Å². The highest BCUT2D eigenvalue weighted by Gasteiger charge is 2.36. The number of benzene rings is 1. The van der Waals surface area contributed by atoms with Gasteiger partial charge in [-0.1, -0.05) is 19.8 Å². The molecule has 27 heavy (non-hydrogen) atoms. The van der Waals surface area contributed by atoms with E-state index in [1.807, 2.05) is 17.9 Å². The Morgan fingerprint density at radius 1 is 1.37 bits per heavy atom. The summed E-state index contributed by atoms with van der Waals surface area (Å²) in [6.45, 7) is 3.33. The molecule has 1 atom stereocenters. The van der Waals surface area contributed by atoms with Crippen LogP contribution in [0.1, 0.15) is 50.2 Å². The van der Waals surface area contributed by atoms with Crippen LogP contribution in [0.4, 0.5) is 10.5 Å².